The maximum Gasteiger partial charge on any atom is 0.407 e. The number of nitrogens with one attached hydrogen (secondary N) is 2. The summed E-state index contributed by atoms with van der Waals surface area (Å²) in [5, 5.41) is 7.62. The number of rotatable bonds is 11. The Kier molecular flexibility index (Phi) is 10.8. The number of thiazole rings is 1. The van der Waals surface area contributed by atoms with Crippen molar-refractivity contribution in [1.29, 1.82) is 0 Å². The highest BCUT2D eigenvalue weighted by Crippen LogP contribution is 2.24. The van der Waals surface area contributed by atoms with Gasteiger partial charge >= 0.3 is 18.2 Å². The first kappa shape index (κ1) is 27.1. The van der Waals surface area contributed by atoms with Crippen LogP contribution in [0.5, 0.6) is 0 Å². The maximum atomic E-state index is 11.8. The second-order valence-electron chi connectivity index (χ2n) is 7.99. The topological polar surface area (TPSA) is 125 Å². The van der Waals surface area contributed by atoms with Gasteiger partial charge in [-0.1, -0.05) is 24.3 Å². The molecule has 0 radical (unpaired) electrons. The highest BCUT2D eigenvalue weighted by molar-refractivity contribution is 7.13. The van der Waals surface area contributed by atoms with E-state index in [4.69, 9.17) is 18.9 Å². The summed E-state index contributed by atoms with van der Waals surface area (Å²) in [7, 11) is 0. The van der Waals surface area contributed by atoms with Crippen LogP contribution in [0.15, 0.2) is 29.6 Å². The minimum atomic E-state index is -0.557. The summed E-state index contributed by atoms with van der Waals surface area (Å²) in [4.78, 5) is 39.3. The molecule has 1 heterocycles. The Morgan fingerprint density at radius 1 is 0.971 bits per heavy atom. The summed E-state index contributed by atoms with van der Waals surface area (Å²) in [6, 6.07) is 7.47. The van der Waals surface area contributed by atoms with Gasteiger partial charge in [0.2, 0.25) is 0 Å². The van der Waals surface area contributed by atoms with Gasteiger partial charge in [0.15, 0.2) is 5.69 Å². The Morgan fingerprint density at radius 2 is 1.71 bits per heavy atom. The van der Waals surface area contributed by atoms with Crippen LogP contribution in [0.4, 0.5) is 9.59 Å². The van der Waals surface area contributed by atoms with E-state index in [2.05, 4.69) is 15.6 Å². The molecular weight excluding hydrogens is 462 g/mol. The minimum absolute atomic E-state index is 0.0874. The molecule has 0 bridgehead atoms. The fraction of sp³-hybridized carbons (Fsp3) is 0.478. The first-order chi connectivity index (χ1) is 16.2. The van der Waals surface area contributed by atoms with Crippen molar-refractivity contribution in [1.82, 2.24) is 15.6 Å². The van der Waals surface area contributed by atoms with E-state index in [1.807, 2.05) is 24.3 Å². The minimum Gasteiger partial charge on any atom is -0.461 e. The average molecular weight is 494 g/mol. The lowest BCUT2D eigenvalue weighted by Gasteiger charge is -2.19. The molecular formula is C23H31N3O7S. The molecule has 34 heavy (non-hydrogen) atoms. The Balaban J connectivity index is 1.61. The molecule has 0 saturated carbocycles. The molecule has 186 valence electrons. The van der Waals surface area contributed by atoms with E-state index in [9.17, 15) is 14.4 Å². The number of carbonyl (C=O) groups is 3. The van der Waals surface area contributed by atoms with Crippen LogP contribution in [-0.4, -0.2) is 61.7 Å². The van der Waals surface area contributed by atoms with Crippen LogP contribution >= 0.6 is 11.3 Å². The number of alkyl carbamates (subject to hydrolysis) is 2. The van der Waals surface area contributed by atoms with Crippen LogP contribution in [0.25, 0.3) is 10.6 Å². The summed E-state index contributed by atoms with van der Waals surface area (Å²) in [6.07, 6.45) is -1.06. The Bertz CT molecular complexity index is 939. The molecule has 0 spiro atoms. The number of benzene rings is 1. The molecule has 2 rings (SSSR count). The number of hydrogen-bond acceptors (Lipinski definition) is 9. The largest absolute Gasteiger partial charge is 0.461 e. The van der Waals surface area contributed by atoms with E-state index in [0.717, 1.165) is 11.1 Å². The highest BCUT2D eigenvalue weighted by Gasteiger charge is 2.15. The number of ether oxygens (including phenoxy) is 4. The van der Waals surface area contributed by atoms with Crippen molar-refractivity contribution in [2.75, 3.05) is 33.0 Å². The molecule has 2 N–H and O–H groups in total. The van der Waals surface area contributed by atoms with Crippen LogP contribution in [0, 0.1) is 0 Å². The van der Waals surface area contributed by atoms with Crippen LogP contribution in [0.1, 0.15) is 43.7 Å². The Hall–Kier alpha value is -3.18. The van der Waals surface area contributed by atoms with E-state index in [-0.39, 0.29) is 19.8 Å². The predicted octanol–water partition coefficient (Wildman–Crippen LogP) is 3.75. The zero-order valence-corrected chi connectivity index (χ0v) is 20.7. The van der Waals surface area contributed by atoms with Gasteiger partial charge in [-0.2, -0.15) is 0 Å². The first-order valence-electron chi connectivity index (χ1n) is 10.8. The standard InChI is InChI=1S/C23H31N3O7S/c1-5-31-20(27)18-15-34-19(26-18)17-8-6-16(7-9-17)14-25-21(28)32-13-12-30-11-10-24-22(29)33-23(2,3)4/h6-9,15H,5,10-14H2,1-4H3,(H,24,29)(H,25,28). The van der Waals surface area contributed by atoms with Gasteiger partial charge in [-0.15, -0.1) is 11.3 Å². The third kappa shape index (κ3) is 10.2. The molecule has 11 heteroatoms. The monoisotopic (exact) mass is 493 g/mol. The maximum absolute atomic E-state index is 11.8. The number of aromatic nitrogens is 1. The highest BCUT2D eigenvalue weighted by atomic mass is 32.1. The van der Waals surface area contributed by atoms with E-state index in [0.29, 0.717) is 30.4 Å². The number of amides is 2. The van der Waals surface area contributed by atoms with Gasteiger partial charge in [0.1, 0.15) is 17.2 Å². The van der Waals surface area contributed by atoms with Crippen LogP contribution in [-0.2, 0) is 25.5 Å². The molecule has 2 aromatic rings. The molecule has 0 fully saturated rings. The second kappa shape index (κ2) is 13.5. The molecule has 0 atom stereocenters. The van der Waals surface area contributed by atoms with Crippen LogP contribution in [0.2, 0.25) is 0 Å². The fourth-order valence-electron chi connectivity index (χ4n) is 2.53. The first-order valence-corrected chi connectivity index (χ1v) is 11.7. The van der Waals surface area contributed by atoms with Gasteiger partial charge in [-0.05, 0) is 33.3 Å². The summed E-state index contributed by atoms with van der Waals surface area (Å²) in [5.41, 5.74) is 1.49. The molecule has 0 aliphatic heterocycles. The summed E-state index contributed by atoms with van der Waals surface area (Å²) >= 11 is 1.36. The number of hydrogen-bond donors (Lipinski definition) is 2. The molecule has 1 aromatic carbocycles. The van der Waals surface area contributed by atoms with Crippen LogP contribution in [0.3, 0.4) is 0 Å². The van der Waals surface area contributed by atoms with Crippen molar-refractivity contribution < 1.29 is 33.3 Å². The van der Waals surface area contributed by atoms with Crippen molar-refractivity contribution in [3.8, 4) is 10.6 Å². The van der Waals surface area contributed by atoms with E-state index >= 15 is 0 Å². The smallest absolute Gasteiger partial charge is 0.407 e. The summed E-state index contributed by atoms with van der Waals surface area (Å²) in [5.74, 6) is -0.438. The molecule has 1 aromatic heterocycles. The predicted molar refractivity (Wildman–Crippen MR) is 127 cm³/mol. The van der Waals surface area contributed by atoms with Gasteiger partial charge in [0, 0.05) is 24.0 Å². The Labute approximate surface area is 202 Å². The molecule has 2 amide bonds. The molecule has 0 unspecified atom stereocenters. The quantitative estimate of drug-likeness (QED) is 0.275. The normalized spacial score (nSPS) is 10.9. The molecule has 10 nitrogen and oxygen atoms in total. The van der Waals surface area contributed by atoms with Crippen molar-refractivity contribution in [3.63, 3.8) is 0 Å². The fourth-order valence-corrected chi connectivity index (χ4v) is 3.33. The van der Waals surface area contributed by atoms with E-state index < -0.39 is 23.8 Å². The van der Waals surface area contributed by atoms with Gasteiger partial charge < -0.3 is 29.6 Å². The zero-order valence-electron chi connectivity index (χ0n) is 19.8. The van der Waals surface area contributed by atoms with E-state index in [1.54, 1.807) is 33.1 Å². The summed E-state index contributed by atoms with van der Waals surface area (Å²) in [6.45, 7) is 8.56. The van der Waals surface area contributed by atoms with Crippen molar-refractivity contribution in [3.05, 3.63) is 40.9 Å². The third-order valence-corrected chi connectivity index (χ3v) is 4.89. The van der Waals surface area contributed by atoms with Crippen molar-refractivity contribution in [2.24, 2.45) is 0 Å². The van der Waals surface area contributed by atoms with Crippen LogP contribution < -0.4 is 10.6 Å². The zero-order chi connectivity index (χ0) is 25.0. The van der Waals surface area contributed by atoms with Gasteiger partial charge in [-0.25, -0.2) is 19.4 Å². The van der Waals surface area contributed by atoms with Crippen molar-refractivity contribution in [2.45, 2.75) is 39.8 Å². The number of nitrogens with zero attached hydrogens (tertiary/aromatic N) is 1. The second-order valence-corrected chi connectivity index (χ2v) is 8.84. The molecule has 0 aliphatic carbocycles. The lowest BCUT2D eigenvalue weighted by Crippen LogP contribution is -2.34. The lowest BCUT2D eigenvalue weighted by molar-refractivity contribution is 0.0471. The number of esters is 1. The average Bonchev–Trinajstić information content (AvgIpc) is 3.27. The SMILES string of the molecule is CCOC(=O)c1csc(-c2ccc(CNC(=O)OCCOCCNC(=O)OC(C)(C)C)cc2)n1. The third-order valence-electron chi connectivity index (χ3n) is 4.00. The van der Waals surface area contributed by atoms with Gasteiger partial charge in [-0.3, -0.25) is 0 Å². The van der Waals surface area contributed by atoms with E-state index in [1.165, 1.54) is 11.3 Å². The molecule has 0 saturated heterocycles. The number of carbonyl (C=O) groups excluding carboxylic acids is 3. The van der Waals surface area contributed by atoms with Crippen molar-refractivity contribution >= 4 is 29.5 Å². The van der Waals surface area contributed by atoms with Gasteiger partial charge in [0.25, 0.3) is 0 Å². The Morgan fingerprint density at radius 3 is 2.38 bits per heavy atom. The lowest BCUT2D eigenvalue weighted by atomic mass is 10.1. The summed E-state index contributed by atoms with van der Waals surface area (Å²) < 4.78 is 20.4. The molecule has 0 aliphatic rings. The van der Waals surface area contributed by atoms with Gasteiger partial charge in [0.05, 0.1) is 19.8 Å².